The second-order valence-electron chi connectivity index (χ2n) is 9.52. The van der Waals surface area contributed by atoms with Crippen LogP contribution in [-0.4, -0.2) is 25.3 Å². The predicted molar refractivity (Wildman–Crippen MR) is 140 cm³/mol. The second-order valence-corrected chi connectivity index (χ2v) is 9.52. The summed E-state index contributed by atoms with van der Waals surface area (Å²) in [7, 11) is 0. The molecule has 0 aromatic heterocycles. The van der Waals surface area contributed by atoms with Crippen molar-refractivity contribution in [1.29, 1.82) is 0 Å². The summed E-state index contributed by atoms with van der Waals surface area (Å²) in [6.45, 7) is 5.09. The van der Waals surface area contributed by atoms with Crippen LogP contribution < -0.4 is 9.47 Å². The van der Waals surface area contributed by atoms with Gasteiger partial charge in [0.2, 0.25) is 5.82 Å². The number of hydrogen-bond donors (Lipinski definition) is 0. The highest BCUT2D eigenvalue weighted by Crippen LogP contribution is 2.37. The maximum atomic E-state index is 15.0. The number of unbranched alkanes of at least 4 members (excludes halogenated alkanes) is 1. The zero-order valence-electron chi connectivity index (χ0n) is 21.8. The molecule has 0 bridgehead atoms. The van der Waals surface area contributed by atoms with Crippen molar-refractivity contribution in [2.45, 2.75) is 64.4 Å². The van der Waals surface area contributed by atoms with Gasteiger partial charge in [-0.15, -0.1) is 0 Å². The van der Waals surface area contributed by atoms with E-state index < -0.39 is 29.2 Å². The molecule has 0 unspecified atom stereocenters. The minimum Gasteiger partial charge on any atom is -0.494 e. The summed E-state index contributed by atoms with van der Waals surface area (Å²) in [5.74, 6) is -3.58. The average Bonchev–Trinajstić information content (AvgIpc) is 2.92. The van der Waals surface area contributed by atoms with Crippen molar-refractivity contribution in [3.8, 4) is 22.6 Å². The third-order valence-electron chi connectivity index (χ3n) is 6.93. The topological polar surface area (TPSA) is 44.8 Å². The minimum absolute atomic E-state index is 0.101. The van der Waals surface area contributed by atoms with Gasteiger partial charge in [-0.2, -0.15) is 4.39 Å². The van der Waals surface area contributed by atoms with Crippen LogP contribution in [0.1, 0.15) is 74.2 Å². The van der Waals surface area contributed by atoms with Crippen LogP contribution in [0.15, 0.2) is 54.6 Å². The van der Waals surface area contributed by atoms with Crippen molar-refractivity contribution in [2.24, 2.45) is 0 Å². The molecule has 0 N–H and O–H groups in total. The van der Waals surface area contributed by atoms with Crippen molar-refractivity contribution >= 4 is 5.97 Å². The molecule has 4 nitrogen and oxygen atoms in total. The lowest BCUT2D eigenvalue weighted by Gasteiger charge is -2.29. The minimum atomic E-state index is -1.18. The van der Waals surface area contributed by atoms with Gasteiger partial charge < -0.3 is 14.2 Å². The lowest BCUT2D eigenvalue weighted by Crippen LogP contribution is -2.22. The highest BCUT2D eigenvalue weighted by molar-refractivity contribution is 5.91. The molecule has 1 fully saturated rings. The van der Waals surface area contributed by atoms with E-state index >= 15 is 0 Å². The molecule has 1 saturated carbocycles. The highest BCUT2D eigenvalue weighted by Gasteiger charge is 2.27. The van der Waals surface area contributed by atoms with Crippen molar-refractivity contribution < 1.29 is 32.2 Å². The molecular formula is C31H33F3O4. The number of ether oxygens (including phenoxy) is 3. The number of carbonyl (C=O) groups is 1. The Bertz CT molecular complexity index is 1230. The van der Waals surface area contributed by atoms with Gasteiger partial charge in [0.1, 0.15) is 11.6 Å². The third-order valence-corrected chi connectivity index (χ3v) is 6.93. The zero-order chi connectivity index (χ0) is 27.1. The first kappa shape index (κ1) is 27.7. The lowest BCUT2D eigenvalue weighted by molar-refractivity contribution is 0.0230. The van der Waals surface area contributed by atoms with E-state index in [2.05, 4.69) is 6.92 Å². The number of benzene rings is 3. The predicted octanol–water partition coefficient (Wildman–Crippen LogP) is 8.23. The Morgan fingerprint density at radius 3 is 2.29 bits per heavy atom. The molecule has 0 amide bonds. The van der Waals surface area contributed by atoms with E-state index in [0.29, 0.717) is 41.9 Å². The average molecular weight is 527 g/mol. The molecule has 3 aromatic carbocycles. The van der Waals surface area contributed by atoms with E-state index in [1.54, 1.807) is 24.3 Å². The molecule has 1 aliphatic rings. The van der Waals surface area contributed by atoms with Crippen LogP contribution in [0.2, 0.25) is 0 Å². The van der Waals surface area contributed by atoms with Crippen LogP contribution in [0, 0.1) is 17.5 Å². The molecular weight excluding hydrogens is 493 g/mol. The molecule has 202 valence electrons. The Morgan fingerprint density at radius 1 is 0.895 bits per heavy atom. The van der Waals surface area contributed by atoms with Gasteiger partial charge in [-0.25, -0.2) is 13.6 Å². The summed E-state index contributed by atoms with van der Waals surface area (Å²) in [4.78, 5) is 12.6. The molecule has 1 aliphatic carbocycles. The summed E-state index contributed by atoms with van der Waals surface area (Å²) in [5, 5.41) is 0. The first-order chi connectivity index (χ1) is 18.4. The van der Waals surface area contributed by atoms with E-state index in [-0.39, 0.29) is 17.6 Å². The third kappa shape index (κ3) is 6.57. The van der Waals surface area contributed by atoms with E-state index in [1.807, 2.05) is 6.92 Å². The van der Waals surface area contributed by atoms with Gasteiger partial charge in [0.25, 0.3) is 0 Å². The Balaban J connectivity index is 1.39. The van der Waals surface area contributed by atoms with Gasteiger partial charge in [0.15, 0.2) is 11.6 Å². The van der Waals surface area contributed by atoms with E-state index in [4.69, 9.17) is 14.2 Å². The van der Waals surface area contributed by atoms with Gasteiger partial charge in [-0.05, 0) is 86.4 Å². The molecule has 0 spiro atoms. The molecule has 38 heavy (non-hydrogen) atoms. The molecule has 0 radical (unpaired) electrons. The fourth-order valence-electron chi connectivity index (χ4n) is 4.81. The Hall–Kier alpha value is -3.32. The second kappa shape index (κ2) is 13.0. The van der Waals surface area contributed by atoms with Gasteiger partial charge in [0.05, 0.1) is 18.3 Å². The van der Waals surface area contributed by atoms with Crippen molar-refractivity contribution in [3.63, 3.8) is 0 Å². The fraction of sp³-hybridized carbons (Fsp3) is 0.387. The number of esters is 1. The molecule has 0 saturated heterocycles. The van der Waals surface area contributed by atoms with Crippen LogP contribution >= 0.6 is 0 Å². The quantitative estimate of drug-likeness (QED) is 0.152. The fourth-order valence-corrected chi connectivity index (χ4v) is 4.81. The number of halogens is 3. The van der Waals surface area contributed by atoms with Crippen LogP contribution in [0.3, 0.4) is 0 Å². The standard InChI is InChI=1S/C31H33F3O4/c1-3-5-18-37-23-12-10-21(11-13-23)26-16-17-28(30(34)29(26)33)38-31(35)22-8-6-20(7-9-22)25-15-14-24(36-4-2)19-27(25)32/h6-9,14-17,19,21,23H,3-5,10-13,18H2,1-2H3. The van der Waals surface area contributed by atoms with Crippen LogP contribution in [0.25, 0.3) is 11.1 Å². The lowest BCUT2D eigenvalue weighted by atomic mass is 9.82. The molecule has 0 heterocycles. The van der Waals surface area contributed by atoms with Gasteiger partial charge in [0, 0.05) is 18.2 Å². The molecule has 0 aliphatic heterocycles. The van der Waals surface area contributed by atoms with Crippen LogP contribution in [0.5, 0.6) is 11.5 Å². The van der Waals surface area contributed by atoms with Gasteiger partial charge in [-0.1, -0.05) is 31.5 Å². The summed E-state index contributed by atoms with van der Waals surface area (Å²) < 4.78 is 60.6. The van der Waals surface area contributed by atoms with Crippen molar-refractivity contribution in [3.05, 3.63) is 83.2 Å². The largest absolute Gasteiger partial charge is 0.494 e. The summed E-state index contributed by atoms with van der Waals surface area (Å²) >= 11 is 0. The normalized spacial score (nSPS) is 17.3. The molecule has 0 atom stereocenters. The highest BCUT2D eigenvalue weighted by atomic mass is 19.2. The van der Waals surface area contributed by atoms with E-state index in [1.165, 1.54) is 30.3 Å². The molecule has 4 rings (SSSR count). The maximum Gasteiger partial charge on any atom is 0.343 e. The first-order valence-corrected chi connectivity index (χ1v) is 13.3. The number of carbonyl (C=O) groups excluding carboxylic acids is 1. The van der Waals surface area contributed by atoms with Gasteiger partial charge >= 0.3 is 5.97 Å². The van der Waals surface area contributed by atoms with Crippen LogP contribution in [0.4, 0.5) is 13.2 Å². The Morgan fingerprint density at radius 2 is 1.63 bits per heavy atom. The van der Waals surface area contributed by atoms with Crippen LogP contribution in [-0.2, 0) is 4.74 Å². The zero-order valence-corrected chi connectivity index (χ0v) is 21.8. The maximum absolute atomic E-state index is 15.0. The first-order valence-electron chi connectivity index (χ1n) is 13.3. The van der Waals surface area contributed by atoms with E-state index in [9.17, 15) is 18.0 Å². The summed E-state index contributed by atoms with van der Waals surface area (Å²) in [5.41, 5.74) is 1.33. The number of rotatable bonds is 10. The molecule has 7 heteroatoms. The Labute approximate surface area is 221 Å². The van der Waals surface area contributed by atoms with Crippen molar-refractivity contribution in [1.82, 2.24) is 0 Å². The van der Waals surface area contributed by atoms with E-state index in [0.717, 1.165) is 32.3 Å². The summed E-state index contributed by atoms with van der Waals surface area (Å²) in [6.07, 6.45) is 5.31. The monoisotopic (exact) mass is 526 g/mol. The van der Waals surface area contributed by atoms with Gasteiger partial charge in [-0.3, -0.25) is 0 Å². The molecule has 3 aromatic rings. The number of hydrogen-bond acceptors (Lipinski definition) is 4. The summed E-state index contributed by atoms with van der Waals surface area (Å²) in [6, 6.07) is 13.4. The Kier molecular flexibility index (Phi) is 9.45. The SMILES string of the molecule is CCCCOC1CCC(c2ccc(OC(=O)c3ccc(-c4ccc(OCC)cc4F)cc3)c(F)c2F)CC1. The van der Waals surface area contributed by atoms with Crippen molar-refractivity contribution in [2.75, 3.05) is 13.2 Å². The smallest absolute Gasteiger partial charge is 0.343 e.